The Kier molecular flexibility index (Phi) is 6.62. The molecule has 0 fully saturated rings. The van der Waals surface area contributed by atoms with E-state index in [0.717, 1.165) is 22.0 Å². The van der Waals surface area contributed by atoms with Gasteiger partial charge in [-0.2, -0.15) is 0 Å². The first kappa shape index (κ1) is 21.6. The first-order chi connectivity index (χ1) is 14.2. The van der Waals surface area contributed by atoms with Gasteiger partial charge in [0.1, 0.15) is 5.75 Å². The summed E-state index contributed by atoms with van der Waals surface area (Å²) in [7, 11) is 1.62. The largest absolute Gasteiger partial charge is 0.497 e. The summed E-state index contributed by atoms with van der Waals surface area (Å²) in [4.78, 5) is 28.8. The standard InChI is InChI=1S/C23H25N3O3S/c1-23(2,3)26-22(28)25-20(27)14-30-21-13-18(15-8-6-5-7-9-15)17-11-10-16(29-4)12-19(17)24-21/h5-13H,14H2,1-4H3,(H2,25,26,27,28). The molecule has 0 spiro atoms. The van der Waals surface area contributed by atoms with E-state index in [1.54, 1.807) is 7.11 Å². The van der Waals surface area contributed by atoms with E-state index in [0.29, 0.717) is 10.8 Å². The van der Waals surface area contributed by atoms with Crippen molar-refractivity contribution in [1.82, 2.24) is 15.6 Å². The van der Waals surface area contributed by atoms with Crippen molar-refractivity contribution in [1.29, 1.82) is 0 Å². The van der Waals surface area contributed by atoms with Gasteiger partial charge < -0.3 is 10.1 Å². The first-order valence-electron chi connectivity index (χ1n) is 9.54. The van der Waals surface area contributed by atoms with Gasteiger partial charge in [-0.1, -0.05) is 42.1 Å². The lowest BCUT2D eigenvalue weighted by atomic mass is 10.0. The Morgan fingerprint density at radius 3 is 2.47 bits per heavy atom. The Hall–Kier alpha value is -3.06. The number of methoxy groups -OCH3 is 1. The summed E-state index contributed by atoms with van der Waals surface area (Å²) < 4.78 is 5.33. The normalized spacial score (nSPS) is 11.2. The van der Waals surface area contributed by atoms with Gasteiger partial charge >= 0.3 is 6.03 Å². The van der Waals surface area contributed by atoms with E-state index in [4.69, 9.17) is 4.74 Å². The smallest absolute Gasteiger partial charge is 0.321 e. The van der Waals surface area contributed by atoms with Crippen molar-refractivity contribution in [2.75, 3.05) is 12.9 Å². The third-order valence-electron chi connectivity index (χ3n) is 4.17. The molecular weight excluding hydrogens is 398 g/mol. The summed E-state index contributed by atoms with van der Waals surface area (Å²) >= 11 is 1.28. The molecule has 0 atom stereocenters. The molecule has 156 valence electrons. The highest BCUT2D eigenvalue weighted by Crippen LogP contribution is 2.33. The van der Waals surface area contributed by atoms with Crippen molar-refractivity contribution >= 4 is 34.6 Å². The van der Waals surface area contributed by atoms with E-state index >= 15 is 0 Å². The van der Waals surface area contributed by atoms with Crippen LogP contribution in [0.3, 0.4) is 0 Å². The lowest BCUT2D eigenvalue weighted by Gasteiger charge is -2.20. The third kappa shape index (κ3) is 5.73. The number of urea groups is 1. The van der Waals surface area contributed by atoms with Gasteiger partial charge in [0.2, 0.25) is 5.91 Å². The van der Waals surface area contributed by atoms with Crippen molar-refractivity contribution < 1.29 is 14.3 Å². The minimum absolute atomic E-state index is 0.0776. The Bertz CT molecular complexity index is 1060. The van der Waals surface area contributed by atoms with Gasteiger partial charge in [0, 0.05) is 17.0 Å². The van der Waals surface area contributed by atoms with Crippen molar-refractivity contribution in [3.05, 3.63) is 54.6 Å². The van der Waals surface area contributed by atoms with Crippen LogP contribution in [-0.4, -0.2) is 35.3 Å². The highest BCUT2D eigenvalue weighted by atomic mass is 32.2. The zero-order chi connectivity index (χ0) is 21.7. The lowest BCUT2D eigenvalue weighted by molar-refractivity contribution is -0.117. The van der Waals surface area contributed by atoms with Crippen molar-refractivity contribution in [2.24, 2.45) is 0 Å². The van der Waals surface area contributed by atoms with Crippen LogP contribution in [0.25, 0.3) is 22.0 Å². The molecule has 0 aliphatic heterocycles. The quantitative estimate of drug-likeness (QED) is 0.585. The Labute approximate surface area is 180 Å². The molecule has 0 saturated heterocycles. The average Bonchev–Trinajstić information content (AvgIpc) is 2.70. The zero-order valence-electron chi connectivity index (χ0n) is 17.5. The summed E-state index contributed by atoms with van der Waals surface area (Å²) in [5, 5.41) is 6.75. The number of aromatic nitrogens is 1. The number of nitrogens with zero attached hydrogens (tertiary/aromatic N) is 1. The fourth-order valence-electron chi connectivity index (χ4n) is 2.92. The van der Waals surface area contributed by atoms with Gasteiger partial charge in [0.15, 0.2) is 0 Å². The molecule has 3 rings (SSSR count). The molecule has 3 aromatic rings. The zero-order valence-corrected chi connectivity index (χ0v) is 18.3. The number of hydrogen-bond acceptors (Lipinski definition) is 5. The molecule has 0 unspecified atom stereocenters. The van der Waals surface area contributed by atoms with Crippen LogP contribution in [0.4, 0.5) is 4.79 Å². The Balaban J connectivity index is 1.83. The second-order valence-electron chi connectivity index (χ2n) is 7.80. The van der Waals surface area contributed by atoms with Crippen LogP contribution in [0, 0.1) is 0 Å². The summed E-state index contributed by atoms with van der Waals surface area (Å²) in [6, 6.07) is 17.3. The molecule has 30 heavy (non-hydrogen) atoms. The van der Waals surface area contributed by atoms with Crippen LogP contribution in [-0.2, 0) is 4.79 Å². The molecule has 0 aliphatic carbocycles. The Morgan fingerprint density at radius 1 is 1.07 bits per heavy atom. The molecule has 1 aromatic heterocycles. The predicted octanol–water partition coefficient (Wildman–Crippen LogP) is 4.63. The molecule has 1 heterocycles. The Morgan fingerprint density at radius 2 is 1.80 bits per heavy atom. The van der Waals surface area contributed by atoms with E-state index in [1.807, 2.05) is 75.4 Å². The van der Waals surface area contributed by atoms with Gasteiger partial charge in [-0.25, -0.2) is 9.78 Å². The molecule has 6 nitrogen and oxygen atoms in total. The molecule has 0 aliphatic rings. The van der Waals surface area contributed by atoms with Crippen LogP contribution in [0.1, 0.15) is 20.8 Å². The molecule has 7 heteroatoms. The van der Waals surface area contributed by atoms with Crippen molar-refractivity contribution in [2.45, 2.75) is 31.3 Å². The topological polar surface area (TPSA) is 80.3 Å². The monoisotopic (exact) mass is 423 g/mol. The number of ether oxygens (including phenoxy) is 1. The van der Waals surface area contributed by atoms with Gasteiger partial charge in [-0.3, -0.25) is 10.1 Å². The van der Waals surface area contributed by atoms with E-state index in [-0.39, 0.29) is 11.7 Å². The molecular formula is C23H25N3O3S. The predicted molar refractivity (Wildman–Crippen MR) is 121 cm³/mol. The van der Waals surface area contributed by atoms with Crippen LogP contribution in [0.5, 0.6) is 5.75 Å². The van der Waals surface area contributed by atoms with E-state index in [9.17, 15) is 9.59 Å². The maximum Gasteiger partial charge on any atom is 0.321 e. The van der Waals surface area contributed by atoms with Gasteiger partial charge in [-0.05, 0) is 50.1 Å². The number of nitrogens with one attached hydrogen (secondary N) is 2. The van der Waals surface area contributed by atoms with E-state index < -0.39 is 11.6 Å². The van der Waals surface area contributed by atoms with E-state index in [2.05, 4.69) is 15.6 Å². The van der Waals surface area contributed by atoms with Crippen LogP contribution < -0.4 is 15.4 Å². The maximum atomic E-state index is 12.2. The average molecular weight is 424 g/mol. The number of fused-ring (bicyclic) bond motifs is 1. The minimum Gasteiger partial charge on any atom is -0.497 e. The molecule has 2 N–H and O–H groups in total. The number of carbonyl (C=O) groups is 2. The molecule has 0 bridgehead atoms. The minimum atomic E-state index is -0.505. The third-order valence-corrected chi connectivity index (χ3v) is 5.08. The summed E-state index contributed by atoms with van der Waals surface area (Å²) in [5.41, 5.74) is 2.45. The second-order valence-corrected chi connectivity index (χ2v) is 8.79. The highest BCUT2D eigenvalue weighted by Gasteiger charge is 2.16. The number of imide groups is 1. The summed E-state index contributed by atoms with van der Waals surface area (Å²) in [6.45, 7) is 5.55. The first-order valence-corrected chi connectivity index (χ1v) is 10.5. The van der Waals surface area contributed by atoms with Gasteiger partial charge in [0.25, 0.3) is 0 Å². The summed E-state index contributed by atoms with van der Waals surface area (Å²) in [6.07, 6.45) is 0. The van der Waals surface area contributed by atoms with Gasteiger partial charge in [-0.15, -0.1) is 0 Å². The highest BCUT2D eigenvalue weighted by molar-refractivity contribution is 7.99. The second kappa shape index (κ2) is 9.17. The molecule has 0 radical (unpaired) electrons. The van der Waals surface area contributed by atoms with Crippen molar-refractivity contribution in [3.63, 3.8) is 0 Å². The van der Waals surface area contributed by atoms with Crippen LogP contribution in [0.15, 0.2) is 59.6 Å². The fraction of sp³-hybridized carbons (Fsp3) is 0.261. The van der Waals surface area contributed by atoms with Crippen LogP contribution >= 0.6 is 11.8 Å². The molecule has 2 aromatic carbocycles. The number of amides is 3. The molecule has 0 saturated carbocycles. The van der Waals surface area contributed by atoms with E-state index in [1.165, 1.54) is 11.8 Å². The SMILES string of the molecule is COc1ccc2c(-c3ccccc3)cc(SCC(=O)NC(=O)NC(C)(C)C)nc2c1. The number of thioether (sulfide) groups is 1. The maximum absolute atomic E-state index is 12.2. The number of pyridine rings is 1. The fourth-order valence-corrected chi connectivity index (χ4v) is 3.63. The summed E-state index contributed by atoms with van der Waals surface area (Å²) in [5.74, 6) is 0.414. The lowest BCUT2D eigenvalue weighted by Crippen LogP contribution is -2.48. The molecule has 3 amide bonds. The van der Waals surface area contributed by atoms with Crippen LogP contribution in [0.2, 0.25) is 0 Å². The number of benzene rings is 2. The number of hydrogen-bond donors (Lipinski definition) is 2. The number of rotatable bonds is 5. The number of carbonyl (C=O) groups excluding carboxylic acids is 2. The van der Waals surface area contributed by atoms with Crippen molar-refractivity contribution in [3.8, 4) is 16.9 Å². The van der Waals surface area contributed by atoms with Gasteiger partial charge in [0.05, 0.1) is 23.4 Å².